The normalized spacial score (nSPS) is 19.0. The van der Waals surface area contributed by atoms with Crippen molar-refractivity contribution in [1.82, 2.24) is 30.2 Å². The number of benzene rings is 1. The van der Waals surface area contributed by atoms with E-state index in [1.165, 1.54) is 0 Å². The van der Waals surface area contributed by atoms with E-state index in [1.54, 1.807) is 29.2 Å². The van der Waals surface area contributed by atoms with Crippen molar-refractivity contribution in [3.63, 3.8) is 0 Å². The van der Waals surface area contributed by atoms with Crippen LogP contribution in [0.1, 0.15) is 76.0 Å². The van der Waals surface area contributed by atoms with Gasteiger partial charge in [-0.25, -0.2) is 0 Å². The predicted octanol–water partition coefficient (Wildman–Crippen LogP) is 2.86. The van der Waals surface area contributed by atoms with Crippen LogP contribution in [0.3, 0.4) is 0 Å². The SMILES string of the molecule is CC(C)C[C@@H](NC(=O)c1ccccc1OCc1nnc(C(C)(C)C)o1)C(=O)N1CCC[C@@H]1C(=O)N1CCN(C)CC1. The molecule has 0 spiro atoms. The Morgan fingerprint density at radius 1 is 1.07 bits per heavy atom. The van der Waals surface area contributed by atoms with Gasteiger partial charge in [-0.15, -0.1) is 10.2 Å². The van der Waals surface area contributed by atoms with Gasteiger partial charge in [0.15, 0.2) is 6.61 Å². The number of likely N-dealkylation sites (N-methyl/N-ethyl adjacent to an activating group) is 1. The van der Waals surface area contributed by atoms with Gasteiger partial charge >= 0.3 is 0 Å². The fraction of sp³-hybridized carbons (Fsp3) is 0.633. The van der Waals surface area contributed by atoms with Crippen LogP contribution in [0.5, 0.6) is 5.75 Å². The number of carbonyl (C=O) groups is 3. The van der Waals surface area contributed by atoms with Gasteiger partial charge in [0.05, 0.1) is 5.56 Å². The molecule has 2 aliphatic rings. The highest BCUT2D eigenvalue weighted by molar-refractivity contribution is 6.00. The number of ether oxygens (including phenoxy) is 1. The molecule has 2 saturated heterocycles. The van der Waals surface area contributed by atoms with Crippen molar-refractivity contribution < 1.29 is 23.5 Å². The summed E-state index contributed by atoms with van der Waals surface area (Å²) in [5.74, 6) is 0.692. The molecular formula is C30H44N6O5. The lowest BCUT2D eigenvalue weighted by atomic mass is 9.97. The Balaban J connectivity index is 1.45. The van der Waals surface area contributed by atoms with Crippen molar-refractivity contribution >= 4 is 17.7 Å². The lowest BCUT2D eigenvalue weighted by Gasteiger charge is -2.36. The number of aromatic nitrogens is 2. The summed E-state index contributed by atoms with van der Waals surface area (Å²) in [7, 11) is 2.05. The van der Waals surface area contributed by atoms with Gasteiger partial charge < -0.3 is 29.2 Å². The molecular weight excluding hydrogens is 524 g/mol. The number of carbonyl (C=O) groups excluding carboxylic acids is 3. The van der Waals surface area contributed by atoms with Gasteiger partial charge in [-0.2, -0.15) is 0 Å². The maximum atomic E-state index is 13.8. The molecule has 0 saturated carbocycles. The second kappa shape index (κ2) is 13.0. The van der Waals surface area contributed by atoms with Crippen LogP contribution in [0, 0.1) is 5.92 Å². The molecule has 4 rings (SSSR count). The minimum atomic E-state index is -0.762. The molecule has 3 heterocycles. The summed E-state index contributed by atoms with van der Waals surface area (Å²) in [5.41, 5.74) is 0.0147. The molecule has 0 bridgehead atoms. The van der Waals surface area contributed by atoms with Crippen LogP contribution in [0.4, 0.5) is 0 Å². The Morgan fingerprint density at radius 3 is 2.44 bits per heavy atom. The molecule has 1 aromatic heterocycles. The summed E-state index contributed by atoms with van der Waals surface area (Å²) in [6.45, 7) is 13.4. The number of nitrogens with zero attached hydrogens (tertiary/aromatic N) is 5. The van der Waals surface area contributed by atoms with Gasteiger partial charge in [-0.3, -0.25) is 14.4 Å². The molecule has 2 aliphatic heterocycles. The molecule has 0 aliphatic carbocycles. The molecule has 2 aromatic rings. The molecule has 1 aromatic carbocycles. The van der Waals surface area contributed by atoms with Gasteiger partial charge in [-0.1, -0.05) is 46.8 Å². The highest BCUT2D eigenvalue weighted by Gasteiger charge is 2.40. The summed E-state index contributed by atoms with van der Waals surface area (Å²) in [6.07, 6.45) is 1.86. The number of piperazine rings is 1. The van der Waals surface area contributed by atoms with Crippen LogP contribution in [0.25, 0.3) is 0 Å². The second-order valence-electron chi connectivity index (χ2n) is 12.5. The van der Waals surface area contributed by atoms with Gasteiger partial charge in [0, 0.05) is 38.1 Å². The monoisotopic (exact) mass is 568 g/mol. The molecule has 224 valence electrons. The quantitative estimate of drug-likeness (QED) is 0.490. The zero-order valence-electron chi connectivity index (χ0n) is 25.2. The maximum Gasteiger partial charge on any atom is 0.255 e. The van der Waals surface area contributed by atoms with Gasteiger partial charge in [-0.05, 0) is 44.4 Å². The van der Waals surface area contributed by atoms with Crippen LogP contribution >= 0.6 is 0 Å². The minimum Gasteiger partial charge on any atom is -0.483 e. The third-order valence-corrected chi connectivity index (χ3v) is 7.54. The van der Waals surface area contributed by atoms with Gasteiger partial charge in [0.1, 0.15) is 17.8 Å². The number of nitrogens with one attached hydrogen (secondary N) is 1. The Labute approximate surface area is 242 Å². The average Bonchev–Trinajstić information content (AvgIpc) is 3.61. The molecule has 41 heavy (non-hydrogen) atoms. The number of hydrogen-bond donors (Lipinski definition) is 1. The third-order valence-electron chi connectivity index (χ3n) is 7.54. The first kappa shape index (κ1) is 30.5. The zero-order valence-corrected chi connectivity index (χ0v) is 25.2. The standard InChI is InChI=1S/C30H44N6O5/c1-20(2)18-22(27(38)36-13-9-11-23(36)28(39)35-16-14-34(6)15-17-35)31-26(37)21-10-7-8-12-24(21)40-19-25-32-33-29(41-25)30(3,4)5/h7-8,10,12,20,22-23H,9,11,13-19H2,1-6H3,(H,31,37)/t22-,23-/m1/s1. The number of hydrogen-bond acceptors (Lipinski definition) is 8. The van der Waals surface area contributed by atoms with E-state index in [-0.39, 0.29) is 29.8 Å². The van der Waals surface area contributed by atoms with E-state index in [0.29, 0.717) is 55.6 Å². The van der Waals surface area contributed by atoms with E-state index < -0.39 is 18.0 Å². The first-order chi connectivity index (χ1) is 19.4. The maximum absolute atomic E-state index is 13.8. The smallest absolute Gasteiger partial charge is 0.255 e. The van der Waals surface area contributed by atoms with E-state index in [9.17, 15) is 14.4 Å². The number of rotatable bonds is 9. The number of amides is 3. The van der Waals surface area contributed by atoms with E-state index >= 15 is 0 Å². The van der Waals surface area contributed by atoms with Crippen LogP contribution in [0.15, 0.2) is 28.7 Å². The lowest BCUT2D eigenvalue weighted by Crippen LogP contribution is -2.56. The molecule has 11 heteroatoms. The molecule has 2 atom stereocenters. The Kier molecular flexibility index (Phi) is 9.68. The van der Waals surface area contributed by atoms with Crippen LogP contribution < -0.4 is 10.1 Å². The highest BCUT2D eigenvalue weighted by Crippen LogP contribution is 2.25. The lowest BCUT2D eigenvalue weighted by molar-refractivity contribution is -0.145. The Hall–Kier alpha value is -3.47. The van der Waals surface area contributed by atoms with E-state index in [0.717, 1.165) is 19.5 Å². The van der Waals surface area contributed by atoms with Crippen LogP contribution in [0.2, 0.25) is 0 Å². The van der Waals surface area contributed by atoms with Crippen LogP contribution in [-0.4, -0.2) is 94.5 Å². The highest BCUT2D eigenvalue weighted by atomic mass is 16.5. The molecule has 2 fully saturated rings. The van der Waals surface area contributed by atoms with Crippen molar-refractivity contribution in [2.45, 2.75) is 78.0 Å². The molecule has 1 N–H and O–H groups in total. The second-order valence-corrected chi connectivity index (χ2v) is 12.5. The summed E-state index contributed by atoms with van der Waals surface area (Å²) < 4.78 is 11.6. The Bertz CT molecular complexity index is 1210. The van der Waals surface area contributed by atoms with Crippen molar-refractivity contribution in [3.05, 3.63) is 41.6 Å². The topological polar surface area (TPSA) is 121 Å². The fourth-order valence-corrected chi connectivity index (χ4v) is 5.19. The van der Waals surface area contributed by atoms with E-state index in [4.69, 9.17) is 9.15 Å². The summed E-state index contributed by atoms with van der Waals surface area (Å²) in [4.78, 5) is 46.5. The first-order valence-electron chi connectivity index (χ1n) is 14.6. The largest absolute Gasteiger partial charge is 0.483 e. The van der Waals surface area contributed by atoms with Crippen LogP contribution in [-0.2, 0) is 21.6 Å². The van der Waals surface area contributed by atoms with Gasteiger partial charge in [0.25, 0.3) is 11.8 Å². The predicted molar refractivity (Wildman–Crippen MR) is 153 cm³/mol. The fourth-order valence-electron chi connectivity index (χ4n) is 5.19. The van der Waals surface area contributed by atoms with Crippen molar-refractivity contribution in [2.75, 3.05) is 39.8 Å². The first-order valence-corrected chi connectivity index (χ1v) is 14.6. The average molecular weight is 569 g/mol. The number of likely N-dealkylation sites (tertiary alicyclic amines) is 1. The molecule has 0 unspecified atom stereocenters. The third kappa shape index (κ3) is 7.63. The van der Waals surface area contributed by atoms with E-state index in [1.807, 2.05) is 46.6 Å². The minimum absolute atomic E-state index is 0.00554. The summed E-state index contributed by atoms with van der Waals surface area (Å²) in [6, 6.07) is 5.63. The van der Waals surface area contributed by atoms with Gasteiger partial charge in [0.2, 0.25) is 17.7 Å². The number of para-hydroxylation sites is 1. The molecule has 3 amide bonds. The molecule has 0 radical (unpaired) electrons. The van der Waals surface area contributed by atoms with Crippen molar-refractivity contribution in [3.8, 4) is 5.75 Å². The Morgan fingerprint density at radius 2 is 1.78 bits per heavy atom. The molecule has 11 nitrogen and oxygen atoms in total. The summed E-state index contributed by atoms with van der Waals surface area (Å²) in [5, 5.41) is 11.1. The summed E-state index contributed by atoms with van der Waals surface area (Å²) >= 11 is 0. The van der Waals surface area contributed by atoms with E-state index in [2.05, 4.69) is 20.4 Å². The zero-order chi connectivity index (χ0) is 29.7. The van der Waals surface area contributed by atoms with Crippen molar-refractivity contribution in [2.24, 2.45) is 5.92 Å². The van der Waals surface area contributed by atoms with Crippen molar-refractivity contribution in [1.29, 1.82) is 0 Å².